The summed E-state index contributed by atoms with van der Waals surface area (Å²) < 4.78 is 27.2. The molecule has 1 aliphatic heterocycles. The number of likely N-dealkylation sites (tertiary alicyclic amines) is 1. The first-order valence-electron chi connectivity index (χ1n) is 5.91. The van der Waals surface area contributed by atoms with Crippen molar-refractivity contribution in [1.29, 1.82) is 0 Å². The molecule has 1 aliphatic rings. The third-order valence-corrected chi connectivity index (χ3v) is 5.72. The van der Waals surface area contributed by atoms with Crippen molar-refractivity contribution in [3.8, 4) is 0 Å². The third kappa shape index (κ3) is 3.10. The third-order valence-electron chi connectivity index (χ3n) is 3.08. The first kappa shape index (κ1) is 14.0. The van der Waals surface area contributed by atoms with Crippen molar-refractivity contribution < 1.29 is 13.5 Å². The molecule has 0 amide bonds. The first-order valence-corrected chi connectivity index (χ1v) is 8.27. The Morgan fingerprint density at radius 2 is 2.39 bits per heavy atom. The van der Waals surface area contributed by atoms with Crippen molar-refractivity contribution in [3.63, 3.8) is 0 Å². The van der Waals surface area contributed by atoms with Crippen LogP contribution in [-0.4, -0.2) is 44.6 Å². The molecule has 1 fully saturated rings. The summed E-state index contributed by atoms with van der Waals surface area (Å²) in [6, 6.07) is 1.51. The topological polar surface area (TPSA) is 69.6 Å². The molecule has 1 saturated heterocycles. The Morgan fingerprint density at radius 3 is 3.06 bits per heavy atom. The molecule has 0 saturated carbocycles. The summed E-state index contributed by atoms with van der Waals surface area (Å²) in [6.45, 7) is 1.51. The second kappa shape index (κ2) is 5.66. The van der Waals surface area contributed by atoms with Gasteiger partial charge in [0, 0.05) is 17.5 Å². The van der Waals surface area contributed by atoms with Crippen LogP contribution in [0.1, 0.15) is 17.7 Å². The summed E-state index contributed by atoms with van der Waals surface area (Å²) in [5.41, 5.74) is 0. The van der Waals surface area contributed by atoms with Gasteiger partial charge in [-0.25, -0.2) is 13.1 Å². The molecule has 5 nitrogen and oxygen atoms in total. The van der Waals surface area contributed by atoms with E-state index in [9.17, 15) is 8.42 Å². The van der Waals surface area contributed by atoms with Crippen molar-refractivity contribution >= 4 is 21.4 Å². The molecule has 0 radical (unpaired) electrons. The van der Waals surface area contributed by atoms with Crippen LogP contribution in [0.2, 0.25) is 0 Å². The molecule has 1 aromatic rings. The van der Waals surface area contributed by atoms with Crippen molar-refractivity contribution in [3.05, 3.63) is 16.3 Å². The van der Waals surface area contributed by atoms with Crippen molar-refractivity contribution in [2.24, 2.45) is 0 Å². The van der Waals surface area contributed by atoms with Crippen LogP contribution in [0.25, 0.3) is 0 Å². The van der Waals surface area contributed by atoms with Crippen LogP contribution in [0.3, 0.4) is 0 Å². The molecule has 1 unspecified atom stereocenters. The SMILES string of the molecule is CN1CCCC(NS(=O)(=O)c2ccsc2CO)C1. The van der Waals surface area contributed by atoms with Crippen molar-refractivity contribution in [2.45, 2.75) is 30.4 Å². The zero-order valence-electron chi connectivity index (χ0n) is 10.3. The molecule has 0 spiro atoms. The van der Waals surface area contributed by atoms with Gasteiger partial charge in [0.05, 0.1) is 11.5 Å². The second-order valence-corrected chi connectivity index (χ2v) is 7.27. The van der Waals surface area contributed by atoms with Crippen LogP contribution >= 0.6 is 11.3 Å². The number of nitrogens with one attached hydrogen (secondary N) is 1. The lowest BCUT2D eigenvalue weighted by atomic mass is 10.1. The summed E-state index contributed by atoms with van der Waals surface area (Å²) in [5.74, 6) is 0. The minimum absolute atomic E-state index is 0.0415. The maximum absolute atomic E-state index is 12.2. The lowest BCUT2D eigenvalue weighted by molar-refractivity contribution is 0.242. The van der Waals surface area contributed by atoms with Crippen LogP contribution < -0.4 is 4.72 Å². The lowest BCUT2D eigenvalue weighted by Gasteiger charge is -2.29. The molecule has 0 bridgehead atoms. The molecule has 7 heteroatoms. The van der Waals surface area contributed by atoms with Crippen LogP contribution in [-0.2, 0) is 16.6 Å². The van der Waals surface area contributed by atoms with E-state index >= 15 is 0 Å². The molecule has 1 atom stereocenters. The van der Waals surface area contributed by atoms with E-state index in [-0.39, 0.29) is 17.5 Å². The number of rotatable bonds is 4. The maximum atomic E-state index is 12.2. The fraction of sp³-hybridized carbons (Fsp3) is 0.636. The van der Waals surface area contributed by atoms with Crippen molar-refractivity contribution in [2.75, 3.05) is 20.1 Å². The number of sulfonamides is 1. The van der Waals surface area contributed by atoms with E-state index in [1.807, 2.05) is 7.05 Å². The highest BCUT2D eigenvalue weighted by Gasteiger charge is 2.25. The molecule has 18 heavy (non-hydrogen) atoms. The predicted molar refractivity (Wildman–Crippen MR) is 71.1 cm³/mol. The first-order chi connectivity index (χ1) is 8.53. The number of aliphatic hydroxyl groups excluding tert-OH is 1. The van der Waals surface area contributed by atoms with Crippen LogP contribution in [0, 0.1) is 0 Å². The Balaban J connectivity index is 2.12. The average Bonchev–Trinajstić information content (AvgIpc) is 2.77. The second-order valence-electron chi connectivity index (χ2n) is 4.59. The van der Waals surface area contributed by atoms with Gasteiger partial charge in [0.1, 0.15) is 0 Å². The molecule has 2 rings (SSSR count). The average molecular weight is 290 g/mol. The van der Waals surface area contributed by atoms with E-state index in [4.69, 9.17) is 5.11 Å². The highest BCUT2D eigenvalue weighted by atomic mass is 32.2. The predicted octanol–water partition coefficient (Wildman–Crippen LogP) is 0.613. The maximum Gasteiger partial charge on any atom is 0.242 e. The molecule has 0 aromatic carbocycles. The Morgan fingerprint density at radius 1 is 1.61 bits per heavy atom. The minimum Gasteiger partial charge on any atom is -0.391 e. The minimum atomic E-state index is -3.51. The van der Waals surface area contributed by atoms with Gasteiger partial charge in [0.15, 0.2) is 0 Å². The quantitative estimate of drug-likeness (QED) is 0.852. The van der Waals surface area contributed by atoms with Crippen LogP contribution in [0.4, 0.5) is 0 Å². The lowest BCUT2D eigenvalue weighted by Crippen LogP contribution is -2.46. The number of nitrogens with zero attached hydrogens (tertiary/aromatic N) is 1. The fourth-order valence-corrected chi connectivity index (χ4v) is 4.79. The summed E-state index contributed by atoms with van der Waals surface area (Å²) in [6.07, 6.45) is 1.86. The number of thiophene rings is 1. The highest BCUT2D eigenvalue weighted by Crippen LogP contribution is 2.22. The number of likely N-dealkylation sites (N-methyl/N-ethyl adjacent to an activating group) is 1. The van der Waals surface area contributed by atoms with E-state index in [1.165, 1.54) is 11.3 Å². The van der Waals surface area contributed by atoms with Gasteiger partial charge in [-0.1, -0.05) is 0 Å². The smallest absolute Gasteiger partial charge is 0.242 e. The van der Waals surface area contributed by atoms with Gasteiger partial charge in [-0.3, -0.25) is 0 Å². The summed E-state index contributed by atoms with van der Waals surface area (Å²) >= 11 is 1.26. The van der Waals surface area contributed by atoms with Gasteiger partial charge in [0.2, 0.25) is 10.0 Å². The van der Waals surface area contributed by atoms with Gasteiger partial charge < -0.3 is 10.0 Å². The molecular weight excluding hydrogens is 272 g/mol. The Hall–Kier alpha value is -0.470. The molecule has 2 heterocycles. The van der Waals surface area contributed by atoms with E-state index in [1.54, 1.807) is 11.4 Å². The zero-order chi connectivity index (χ0) is 13.2. The number of hydrogen-bond acceptors (Lipinski definition) is 5. The van der Waals surface area contributed by atoms with Gasteiger partial charge >= 0.3 is 0 Å². The zero-order valence-corrected chi connectivity index (χ0v) is 11.9. The van der Waals surface area contributed by atoms with E-state index in [2.05, 4.69) is 9.62 Å². The molecule has 1 aromatic heterocycles. The van der Waals surface area contributed by atoms with E-state index in [0.29, 0.717) is 4.88 Å². The standard InChI is InChI=1S/C11H18N2O3S2/c1-13-5-2-3-9(7-13)12-18(15,16)11-4-6-17-10(11)8-14/h4,6,9,12,14H,2-3,5,7-8H2,1H3. The van der Waals surface area contributed by atoms with Crippen molar-refractivity contribution in [1.82, 2.24) is 9.62 Å². The Labute approximate surface area is 111 Å². The Kier molecular flexibility index (Phi) is 4.39. The summed E-state index contributed by atoms with van der Waals surface area (Å²) in [4.78, 5) is 2.83. The number of hydrogen-bond donors (Lipinski definition) is 2. The van der Waals surface area contributed by atoms with Gasteiger partial charge in [-0.05, 0) is 37.9 Å². The fourth-order valence-electron chi connectivity index (χ4n) is 2.23. The normalized spacial score (nSPS) is 22.2. The molecule has 0 aliphatic carbocycles. The van der Waals surface area contributed by atoms with Crippen LogP contribution in [0.5, 0.6) is 0 Å². The molecule has 2 N–H and O–H groups in total. The molecular formula is C11H18N2O3S2. The number of piperidine rings is 1. The van der Waals surface area contributed by atoms with E-state index < -0.39 is 10.0 Å². The summed E-state index contributed by atoms with van der Waals surface area (Å²) in [7, 11) is -1.52. The number of aliphatic hydroxyl groups is 1. The highest BCUT2D eigenvalue weighted by molar-refractivity contribution is 7.89. The summed E-state index contributed by atoms with van der Waals surface area (Å²) in [5, 5.41) is 10.8. The van der Waals surface area contributed by atoms with Gasteiger partial charge in [-0.15, -0.1) is 11.3 Å². The van der Waals surface area contributed by atoms with Crippen LogP contribution in [0.15, 0.2) is 16.3 Å². The van der Waals surface area contributed by atoms with Gasteiger partial charge in [0.25, 0.3) is 0 Å². The largest absolute Gasteiger partial charge is 0.391 e. The van der Waals surface area contributed by atoms with E-state index in [0.717, 1.165) is 25.9 Å². The molecule has 102 valence electrons. The monoisotopic (exact) mass is 290 g/mol. The Bertz CT molecular complexity index is 498. The van der Waals surface area contributed by atoms with Gasteiger partial charge in [-0.2, -0.15) is 0 Å².